The summed E-state index contributed by atoms with van der Waals surface area (Å²) in [5.74, 6) is -1.66. The smallest absolute Gasteiger partial charge is 0.335 e. The number of carboxylic acid groups (broad SMARTS) is 1. The first-order valence-electron chi connectivity index (χ1n) is 9.47. The number of aromatic carboxylic acids is 1. The molecule has 0 spiro atoms. The van der Waals surface area contributed by atoms with Crippen LogP contribution >= 0.6 is 0 Å². The van der Waals surface area contributed by atoms with E-state index in [1.165, 1.54) is 0 Å². The number of piperidine rings is 1. The van der Waals surface area contributed by atoms with E-state index in [2.05, 4.69) is 0 Å². The average Bonchev–Trinajstić information content (AvgIpc) is 2.69. The normalized spacial score (nSPS) is 14.9. The van der Waals surface area contributed by atoms with Gasteiger partial charge in [0, 0.05) is 19.5 Å². The van der Waals surface area contributed by atoms with Crippen molar-refractivity contribution in [2.24, 2.45) is 5.92 Å². The van der Waals surface area contributed by atoms with Gasteiger partial charge < -0.3 is 10.0 Å². The molecule has 0 bridgehead atoms. The number of nitrogens with zero attached hydrogens (tertiary/aromatic N) is 1. The molecule has 0 unspecified atom stereocenters. The van der Waals surface area contributed by atoms with Crippen molar-refractivity contribution < 1.29 is 23.5 Å². The summed E-state index contributed by atoms with van der Waals surface area (Å²) in [6.45, 7) is 1.20. The standard InChI is InChI=1S/C22H23F2NO3/c23-18-6-7-20(24)17(14-18)5-8-21(26)25-11-9-15(10-12-25)13-16-3-1-2-4-19(16)22(27)28/h1-4,6-7,14-15H,5,8-13H2,(H,27,28). The Morgan fingerprint density at radius 3 is 2.46 bits per heavy atom. The van der Waals surface area contributed by atoms with E-state index in [0.29, 0.717) is 31.0 Å². The fourth-order valence-corrected chi connectivity index (χ4v) is 3.74. The van der Waals surface area contributed by atoms with E-state index in [4.69, 9.17) is 0 Å². The van der Waals surface area contributed by atoms with Crippen LogP contribution in [0.25, 0.3) is 0 Å². The minimum atomic E-state index is -0.923. The molecule has 0 aliphatic carbocycles. The number of hydrogen-bond donors (Lipinski definition) is 1. The zero-order valence-corrected chi connectivity index (χ0v) is 15.5. The molecule has 1 aliphatic rings. The van der Waals surface area contributed by atoms with E-state index >= 15 is 0 Å². The van der Waals surface area contributed by atoms with E-state index in [1.54, 1.807) is 17.0 Å². The van der Waals surface area contributed by atoms with Gasteiger partial charge in [-0.3, -0.25) is 4.79 Å². The largest absolute Gasteiger partial charge is 0.478 e. The quantitative estimate of drug-likeness (QED) is 0.813. The SMILES string of the molecule is O=C(O)c1ccccc1CC1CCN(C(=O)CCc2cc(F)ccc2F)CC1. The van der Waals surface area contributed by atoms with Crippen molar-refractivity contribution in [3.05, 3.63) is 70.8 Å². The van der Waals surface area contributed by atoms with E-state index < -0.39 is 17.6 Å². The molecule has 0 radical (unpaired) electrons. The fourth-order valence-electron chi connectivity index (χ4n) is 3.74. The monoisotopic (exact) mass is 387 g/mol. The van der Waals surface area contributed by atoms with Crippen LogP contribution < -0.4 is 0 Å². The molecule has 3 rings (SSSR count). The van der Waals surface area contributed by atoms with Crippen molar-refractivity contribution in [2.45, 2.75) is 32.1 Å². The first kappa shape index (κ1) is 20.0. The van der Waals surface area contributed by atoms with Gasteiger partial charge in [-0.25, -0.2) is 13.6 Å². The highest BCUT2D eigenvalue weighted by Gasteiger charge is 2.24. The van der Waals surface area contributed by atoms with Crippen LogP contribution in [0.5, 0.6) is 0 Å². The Kier molecular flexibility index (Phi) is 6.39. The van der Waals surface area contributed by atoms with Gasteiger partial charge in [-0.05, 0) is 67.0 Å². The number of carboxylic acids is 1. The maximum atomic E-state index is 13.7. The minimum Gasteiger partial charge on any atom is -0.478 e. The molecule has 1 amide bonds. The molecule has 4 nitrogen and oxygen atoms in total. The topological polar surface area (TPSA) is 57.6 Å². The van der Waals surface area contributed by atoms with Crippen LogP contribution in [0.3, 0.4) is 0 Å². The molecular weight excluding hydrogens is 364 g/mol. The average molecular weight is 387 g/mol. The number of likely N-dealkylation sites (tertiary alicyclic amines) is 1. The molecule has 2 aromatic carbocycles. The Morgan fingerprint density at radius 1 is 1.04 bits per heavy atom. The first-order chi connectivity index (χ1) is 13.4. The van der Waals surface area contributed by atoms with E-state index in [0.717, 1.165) is 36.6 Å². The summed E-state index contributed by atoms with van der Waals surface area (Å²) >= 11 is 0. The Morgan fingerprint density at radius 2 is 1.75 bits per heavy atom. The lowest BCUT2D eigenvalue weighted by Crippen LogP contribution is -2.39. The molecule has 1 saturated heterocycles. The number of aryl methyl sites for hydroxylation is 1. The molecule has 1 N–H and O–H groups in total. The summed E-state index contributed by atoms with van der Waals surface area (Å²) in [7, 11) is 0. The minimum absolute atomic E-state index is 0.0620. The van der Waals surface area contributed by atoms with Crippen molar-refractivity contribution in [1.29, 1.82) is 0 Å². The summed E-state index contributed by atoms with van der Waals surface area (Å²) in [4.78, 5) is 25.5. The second kappa shape index (κ2) is 8.95. The summed E-state index contributed by atoms with van der Waals surface area (Å²) in [5, 5.41) is 9.30. The zero-order chi connectivity index (χ0) is 20.1. The Balaban J connectivity index is 1.50. The van der Waals surface area contributed by atoms with Crippen molar-refractivity contribution >= 4 is 11.9 Å². The molecule has 1 heterocycles. The molecule has 0 atom stereocenters. The first-order valence-corrected chi connectivity index (χ1v) is 9.47. The van der Waals surface area contributed by atoms with Crippen LogP contribution in [0.4, 0.5) is 8.78 Å². The fraction of sp³-hybridized carbons (Fsp3) is 0.364. The van der Waals surface area contributed by atoms with Crippen LogP contribution in [-0.2, 0) is 17.6 Å². The number of benzene rings is 2. The molecule has 2 aromatic rings. The molecule has 1 aliphatic heterocycles. The van der Waals surface area contributed by atoms with Gasteiger partial charge in [0.1, 0.15) is 11.6 Å². The predicted molar refractivity (Wildman–Crippen MR) is 101 cm³/mol. The number of halogens is 2. The number of carbonyl (C=O) groups is 2. The highest BCUT2D eigenvalue weighted by atomic mass is 19.1. The number of carbonyl (C=O) groups excluding carboxylic acids is 1. The molecule has 28 heavy (non-hydrogen) atoms. The van der Waals surface area contributed by atoms with Gasteiger partial charge in [0.15, 0.2) is 0 Å². The van der Waals surface area contributed by atoms with Crippen molar-refractivity contribution in [3.63, 3.8) is 0 Å². The third-order valence-electron chi connectivity index (χ3n) is 5.34. The Labute approximate surface area is 162 Å². The third-order valence-corrected chi connectivity index (χ3v) is 5.34. The second-order valence-corrected chi connectivity index (χ2v) is 7.23. The molecule has 6 heteroatoms. The van der Waals surface area contributed by atoms with Gasteiger partial charge in [0.2, 0.25) is 5.91 Å². The predicted octanol–water partition coefficient (Wildman–Crippen LogP) is 4.08. The lowest BCUT2D eigenvalue weighted by molar-refractivity contribution is -0.132. The van der Waals surface area contributed by atoms with Gasteiger partial charge in [0.25, 0.3) is 0 Å². The van der Waals surface area contributed by atoms with Crippen molar-refractivity contribution in [1.82, 2.24) is 4.90 Å². The third kappa shape index (κ3) is 4.94. The molecule has 1 fully saturated rings. The van der Waals surface area contributed by atoms with Crippen molar-refractivity contribution in [2.75, 3.05) is 13.1 Å². The summed E-state index contributed by atoms with van der Waals surface area (Å²) < 4.78 is 26.9. The van der Waals surface area contributed by atoms with E-state index in [1.807, 2.05) is 12.1 Å². The van der Waals surface area contributed by atoms with Crippen LogP contribution in [-0.4, -0.2) is 35.0 Å². The zero-order valence-electron chi connectivity index (χ0n) is 15.5. The second-order valence-electron chi connectivity index (χ2n) is 7.23. The molecule has 0 saturated carbocycles. The summed E-state index contributed by atoms with van der Waals surface area (Å²) in [5.41, 5.74) is 1.37. The molecular formula is C22H23F2NO3. The maximum absolute atomic E-state index is 13.7. The lowest BCUT2D eigenvalue weighted by Gasteiger charge is -2.32. The maximum Gasteiger partial charge on any atom is 0.335 e. The van der Waals surface area contributed by atoms with Crippen LogP contribution in [0.2, 0.25) is 0 Å². The van der Waals surface area contributed by atoms with Crippen LogP contribution in [0.1, 0.15) is 40.7 Å². The van der Waals surface area contributed by atoms with Crippen LogP contribution in [0.15, 0.2) is 42.5 Å². The van der Waals surface area contributed by atoms with Gasteiger partial charge in [-0.15, -0.1) is 0 Å². The highest BCUT2D eigenvalue weighted by molar-refractivity contribution is 5.89. The van der Waals surface area contributed by atoms with Crippen LogP contribution in [0, 0.1) is 17.6 Å². The van der Waals surface area contributed by atoms with Gasteiger partial charge >= 0.3 is 5.97 Å². The van der Waals surface area contributed by atoms with Gasteiger partial charge in [-0.2, -0.15) is 0 Å². The lowest BCUT2D eigenvalue weighted by atomic mass is 9.88. The van der Waals surface area contributed by atoms with Gasteiger partial charge in [-0.1, -0.05) is 18.2 Å². The van der Waals surface area contributed by atoms with Gasteiger partial charge in [0.05, 0.1) is 5.56 Å². The number of hydrogen-bond acceptors (Lipinski definition) is 2. The highest BCUT2D eigenvalue weighted by Crippen LogP contribution is 2.24. The van der Waals surface area contributed by atoms with Crippen molar-refractivity contribution in [3.8, 4) is 0 Å². The van der Waals surface area contributed by atoms with E-state index in [9.17, 15) is 23.5 Å². The number of rotatable bonds is 6. The van der Waals surface area contributed by atoms with E-state index in [-0.39, 0.29) is 24.3 Å². The molecule has 0 aromatic heterocycles. The summed E-state index contributed by atoms with van der Waals surface area (Å²) in [6, 6.07) is 10.3. The molecule has 148 valence electrons. The number of amides is 1. The Bertz CT molecular complexity index is 861. The Hall–Kier alpha value is -2.76. The summed E-state index contributed by atoms with van der Waals surface area (Å²) in [6.07, 6.45) is 2.60.